The number of imidazole rings is 1. The third kappa shape index (κ3) is 4.21. The summed E-state index contributed by atoms with van der Waals surface area (Å²) in [7, 11) is 0. The number of rotatable bonds is 6. The number of benzene rings is 1. The molecule has 29 heavy (non-hydrogen) atoms. The van der Waals surface area contributed by atoms with E-state index >= 15 is 0 Å². The van der Waals surface area contributed by atoms with Gasteiger partial charge in [-0.3, -0.25) is 9.78 Å². The number of alkyl halides is 2. The Morgan fingerprint density at radius 1 is 1.28 bits per heavy atom. The first-order chi connectivity index (χ1) is 13.6. The molecule has 0 radical (unpaired) electrons. The Kier molecular flexibility index (Phi) is 5.56. The molecule has 0 aliphatic carbocycles. The second-order valence-electron chi connectivity index (χ2n) is 7.03. The van der Waals surface area contributed by atoms with Crippen LogP contribution in [0.3, 0.4) is 0 Å². The van der Waals surface area contributed by atoms with E-state index in [1.54, 1.807) is 10.6 Å². The first-order valence-electron chi connectivity index (χ1n) is 8.90. The second-order valence-corrected chi connectivity index (χ2v) is 7.03. The summed E-state index contributed by atoms with van der Waals surface area (Å²) in [5.41, 5.74) is -1.15. The highest BCUT2D eigenvalue weighted by Crippen LogP contribution is 2.29. The number of nitrogens with one attached hydrogen (secondary N) is 1. The highest BCUT2D eigenvalue weighted by atomic mass is 19.3. The topological polar surface area (TPSA) is 92.9 Å². The van der Waals surface area contributed by atoms with Crippen molar-refractivity contribution in [3.05, 3.63) is 53.6 Å². The second kappa shape index (κ2) is 7.78. The largest absolute Gasteiger partial charge is 0.388 e. The first-order valence-corrected chi connectivity index (χ1v) is 8.90. The molecule has 3 rings (SSSR count). The van der Waals surface area contributed by atoms with Gasteiger partial charge in [-0.25, -0.2) is 23.1 Å². The highest BCUT2D eigenvalue weighted by molar-refractivity contribution is 5.92. The van der Waals surface area contributed by atoms with Crippen molar-refractivity contribution >= 4 is 16.9 Å². The Hall–Kier alpha value is -3.01. The molecule has 2 heterocycles. The van der Waals surface area contributed by atoms with Gasteiger partial charge in [0.2, 0.25) is 0 Å². The van der Waals surface area contributed by atoms with Crippen LogP contribution in [0, 0.1) is 5.82 Å². The minimum absolute atomic E-state index is 0.186. The van der Waals surface area contributed by atoms with Crippen molar-refractivity contribution in [3.8, 4) is 0 Å². The maximum atomic E-state index is 13.6. The molecule has 3 aromatic rings. The van der Waals surface area contributed by atoms with Crippen molar-refractivity contribution < 1.29 is 23.1 Å². The monoisotopic (exact) mass is 407 g/mol. The molecule has 1 amide bonds. The number of aromatic nitrogens is 4. The van der Waals surface area contributed by atoms with Crippen molar-refractivity contribution in [3.63, 3.8) is 0 Å². The molecule has 0 aliphatic rings. The fraction of sp³-hybridized carbons (Fsp3) is 0.368. The molecule has 0 saturated carbocycles. The zero-order valence-corrected chi connectivity index (χ0v) is 16.0. The van der Waals surface area contributed by atoms with Gasteiger partial charge in [0.05, 0.1) is 29.0 Å². The number of carbonyl (C=O) groups is 1. The van der Waals surface area contributed by atoms with Gasteiger partial charge >= 0.3 is 0 Å². The van der Waals surface area contributed by atoms with Crippen LogP contribution in [0.1, 0.15) is 55.2 Å². The van der Waals surface area contributed by atoms with Gasteiger partial charge in [-0.2, -0.15) is 0 Å². The van der Waals surface area contributed by atoms with E-state index in [4.69, 9.17) is 0 Å². The fourth-order valence-electron chi connectivity index (χ4n) is 3.00. The third-order valence-electron chi connectivity index (χ3n) is 4.42. The predicted octanol–water partition coefficient (Wildman–Crippen LogP) is 3.16. The van der Waals surface area contributed by atoms with Crippen LogP contribution < -0.4 is 5.32 Å². The van der Waals surface area contributed by atoms with Gasteiger partial charge in [-0.1, -0.05) is 0 Å². The maximum Gasteiger partial charge on any atom is 0.281 e. The molecule has 0 fully saturated rings. The zero-order chi connectivity index (χ0) is 21.3. The van der Waals surface area contributed by atoms with E-state index in [-0.39, 0.29) is 5.69 Å². The van der Waals surface area contributed by atoms with Crippen LogP contribution in [0.15, 0.2) is 30.6 Å². The first kappa shape index (κ1) is 20.7. The Bertz CT molecular complexity index is 1030. The minimum Gasteiger partial charge on any atom is -0.388 e. The SMILES string of the molecule is CCn1c([C@@H](NC(=O)c2cnc(C(F)F)cn2)C(C)(C)O)nc2cc(F)ccc21. The van der Waals surface area contributed by atoms with Crippen LogP contribution in [-0.4, -0.2) is 36.1 Å². The van der Waals surface area contributed by atoms with Crippen molar-refractivity contribution in [2.24, 2.45) is 0 Å². The fourth-order valence-corrected chi connectivity index (χ4v) is 3.00. The van der Waals surface area contributed by atoms with Gasteiger partial charge in [0.25, 0.3) is 12.3 Å². The molecule has 2 N–H and O–H groups in total. The van der Waals surface area contributed by atoms with E-state index in [1.807, 2.05) is 6.92 Å². The van der Waals surface area contributed by atoms with Crippen LogP contribution in [0.25, 0.3) is 11.0 Å². The van der Waals surface area contributed by atoms with E-state index in [0.29, 0.717) is 23.4 Å². The summed E-state index contributed by atoms with van der Waals surface area (Å²) in [5, 5.41) is 13.3. The molecule has 0 unspecified atom stereocenters. The smallest absolute Gasteiger partial charge is 0.281 e. The Balaban J connectivity index is 1.99. The molecule has 7 nitrogen and oxygen atoms in total. The summed E-state index contributed by atoms with van der Waals surface area (Å²) in [6.45, 7) is 5.29. The lowest BCUT2D eigenvalue weighted by atomic mass is 9.97. The van der Waals surface area contributed by atoms with Crippen LogP contribution >= 0.6 is 0 Å². The lowest BCUT2D eigenvalue weighted by molar-refractivity contribution is 0.0305. The lowest BCUT2D eigenvalue weighted by Crippen LogP contribution is -2.43. The Morgan fingerprint density at radius 3 is 2.55 bits per heavy atom. The number of aliphatic hydroxyl groups is 1. The van der Waals surface area contributed by atoms with E-state index < -0.39 is 35.5 Å². The zero-order valence-electron chi connectivity index (χ0n) is 16.0. The van der Waals surface area contributed by atoms with Gasteiger partial charge in [0.1, 0.15) is 29.1 Å². The van der Waals surface area contributed by atoms with E-state index in [0.717, 1.165) is 12.4 Å². The number of carbonyl (C=O) groups excluding carboxylic acids is 1. The van der Waals surface area contributed by atoms with Gasteiger partial charge in [0.15, 0.2) is 0 Å². The Morgan fingerprint density at radius 2 is 2.00 bits per heavy atom. The number of hydrogen-bond acceptors (Lipinski definition) is 5. The maximum absolute atomic E-state index is 13.6. The molecular weight excluding hydrogens is 387 g/mol. The van der Waals surface area contributed by atoms with Gasteiger partial charge < -0.3 is 15.0 Å². The lowest BCUT2D eigenvalue weighted by Gasteiger charge is -2.30. The van der Waals surface area contributed by atoms with E-state index in [1.165, 1.54) is 26.0 Å². The van der Waals surface area contributed by atoms with Gasteiger partial charge in [-0.05, 0) is 32.9 Å². The van der Waals surface area contributed by atoms with Crippen molar-refractivity contribution in [1.29, 1.82) is 0 Å². The normalized spacial score (nSPS) is 13.1. The van der Waals surface area contributed by atoms with Gasteiger partial charge in [0, 0.05) is 12.6 Å². The summed E-state index contributed by atoms with van der Waals surface area (Å²) in [4.78, 5) is 24.3. The van der Waals surface area contributed by atoms with E-state index in [2.05, 4.69) is 20.3 Å². The molecule has 0 spiro atoms. The summed E-state index contributed by atoms with van der Waals surface area (Å²) in [6.07, 6.45) is -1.03. The summed E-state index contributed by atoms with van der Waals surface area (Å²) in [6, 6.07) is 3.16. The van der Waals surface area contributed by atoms with Crippen LogP contribution in [-0.2, 0) is 6.54 Å². The molecule has 1 aromatic carbocycles. The van der Waals surface area contributed by atoms with Crippen molar-refractivity contribution in [1.82, 2.24) is 24.8 Å². The molecule has 2 aromatic heterocycles. The molecule has 0 aliphatic heterocycles. The number of nitrogens with zero attached hydrogens (tertiary/aromatic N) is 4. The van der Waals surface area contributed by atoms with Crippen LogP contribution in [0.2, 0.25) is 0 Å². The standard InChI is InChI=1S/C19H20F3N5O2/c1-4-27-14-6-5-10(20)7-11(14)25-17(27)15(19(2,3)29)26-18(28)13-9-23-12(8-24-13)16(21)22/h5-9,15-16,29H,4H2,1-3H3,(H,26,28)/t15-/m1/s1. The number of fused-ring (bicyclic) bond motifs is 1. The number of halogens is 3. The van der Waals surface area contributed by atoms with Crippen LogP contribution in [0.4, 0.5) is 13.2 Å². The number of hydrogen-bond donors (Lipinski definition) is 2. The van der Waals surface area contributed by atoms with Gasteiger partial charge in [-0.15, -0.1) is 0 Å². The Labute approximate surface area is 164 Å². The third-order valence-corrected chi connectivity index (χ3v) is 4.42. The average molecular weight is 407 g/mol. The van der Waals surface area contributed by atoms with E-state index in [9.17, 15) is 23.1 Å². The highest BCUT2D eigenvalue weighted by Gasteiger charge is 2.34. The molecule has 0 saturated heterocycles. The minimum atomic E-state index is -2.80. The summed E-state index contributed by atoms with van der Waals surface area (Å²) in [5.74, 6) is -0.847. The molecule has 1 atom stereocenters. The molecule has 10 heteroatoms. The average Bonchev–Trinajstić information content (AvgIpc) is 3.01. The van der Waals surface area contributed by atoms with Crippen molar-refractivity contribution in [2.45, 2.75) is 45.4 Å². The quantitative estimate of drug-likeness (QED) is 0.655. The predicted molar refractivity (Wildman–Crippen MR) is 98.9 cm³/mol. The molecule has 154 valence electrons. The van der Waals surface area contributed by atoms with Crippen molar-refractivity contribution in [2.75, 3.05) is 0 Å². The number of amides is 1. The van der Waals surface area contributed by atoms with Crippen LogP contribution in [0.5, 0.6) is 0 Å². The number of aryl methyl sites for hydroxylation is 1. The summed E-state index contributed by atoms with van der Waals surface area (Å²) >= 11 is 0. The molecular formula is C19H20F3N5O2. The summed E-state index contributed by atoms with van der Waals surface area (Å²) < 4.78 is 40.6. The molecule has 0 bridgehead atoms.